The highest BCUT2D eigenvalue weighted by Gasteiger charge is 2.08. The molecule has 0 aliphatic heterocycles. The zero-order valence-electron chi connectivity index (χ0n) is 12.6. The molecule has 0 spiro atoms. The normalized spacial score (nSPS) is 11.0. The lowest BCUT2D eigenvalue weighted by molar-refractivity contribution is 0.392. The number of nitrogens with one attached hydrogen (secondary N) is 1. The van der Waals surface area contributed by atoms with Gasteiger partial charge in [-0.1, -0.05) is 16.8 Å². The number of anilines is 1. The topological polar surface area (TPSA) is 63.8 Å². The van der Waals surface area contributed by atoms with E-state index in [-0.39, 0.29) is 0 Å². The van der Waals surface area contributed by atoms with Gasteiger partial charge in [0.05, 0.1) is 11.2 Å². The maximum Gasteiger partial charge on any atom is 0.137 e. The van der Waals surface area contributed by atoms with E-state index >= 15 is 0 Å². The molecular weight excluding hydrogens is 300 g/mol. The van der Waals surface area contributed by atoms with Crippen LogP contribution in [0.4, 0.5) is 5.82 Å². The lowest BCUT2D eigenvalue weighted by Gasteiger charge is -2.08. The summed E-state index contributed by atoms with van der Waals surface area (Å²) < 4.78 is 5.18. The minimum absolute atomic E-state index is 0.676. The van der Waals surface area contributed by atoms with Crippen molar-refractivity contribution >= 4 is 28.3 Å². The van der Waals surface area contributed by atoms with Gasteiger partial charge in [-0.05, 0) is 44.9 Å². The summed E-state index contributed by atoms with van der Waals surface area (Å²) in [5.74, 6) is 1.74. The summed E-state index contributed by atoms with van der Waals surface area (Å²) in [4.78, 5) is 8.55. The molecule has 6 heteroatoms. The molecule has 0 saturated carbocycles. The van der Waals surface area contributed by atoms with E-state index in [0.29, 0.717) is 5.02 Å². The minimum atomic E-state index is 0.676. The first kappa shape index (κ1) is 14.8. The van der Waals surface area contributed by atoms with Crippen LogP contribution in [-0.4, -0.2) is 21.7 Å². The van der Waals surface area contributed by atoms with Crippen molar-refractivity contribution in [1.82, 2.24) is 15.1 Å². The molecule has 0 atom stereocenters. The summed E-state index contributed by atoms with van der Waals surface area (Å²) >= 11 is 5.99. The first-order valence-corrected chi connectivity index (χ1v) is 7.59. The molecule has 114 valence electrons. The Labute approximate surface area is 133 Å². The van der Waals surface area contributed by atoms with Gasteiger partial charge in [0.25, 0.3) is 0 Å². The Morgan fingerprint density at radius 2 is 2.09 bits per heavy atom. The van der Waals surface area contributed by atoms with Crippen LogP contribution in [0, 0.1) is 13.8 Å². The van der Waals surface area contributed by atoms with Crippen molar-refractivity contribution in [2.24, 2.45) is 0 Å². The van der Waals surface area contributed by atoms with E-state index in [0.717, 1.165) is 47.6 Å². The average Bonchev–Trinajstić information content (AvgIpc) is 2.82. The third-order valence-corrected chi connectivity index (χ3v) is 3.91. The second-order valence-electron chi connectivity index (χ2n) is 5.22. The van der Waals surface area contributed by atoms with Crippen LogP contribution in [-0.2, 0) is 6.42 Å². The minimum Gasteiger partial charge on any atom is -0.369 e. The van der Waals surface area contributed by atoms with Gasteiger partial charge in [-0.2, -0.15) is 0 Å². The third kappa shape index (κ3) is 3.04. The standard InChI is InChI=1S/C16H17ClN4O/c1-10-13(11(2)22-21-10)4-3-7-18-16-14-6-5-12(17)8-15(14)19-9-20-16/h5-6,8-9H,3-4,7H2,1-2H3,(H,18,19,20). The Bertz CT molecular complexity index is 780. The first-order chi connectivity index (χ1) is 10.6. The van der Waals surface area contributed by atoms with Crippen molar-refractivity contribution in [2.45, 2.75) is 26.7 Å². The summed E-state index contributed by atoms with van der Waals surface area (Å²) in [6, 6.07) is 5.63. The largest absolute Gasteiger partial charge is 0.369 e. The molecule has 3 rings (SSSR count). The molecule has 0 aliphatic rings. The summed E-state index contributed by atoms with van der Waals surface area (Å²) in [7, 11) is 0. The quantitative estimate of drug-likeness (QED) is 0.722. The molecule has 1 aromatic carbocycles. The summed E-state index contributed by atoms with van der Waals surface area (Å²) in [5.41, 5.74) is 3.01. The van der Waals surface area contributed by atoms with E-state index in [9.17, 15) is 0 Å². The molecule has 0 aliphatic carbocycles. The van der Waals surface area contributed by atoms with Crippen molar-refractivity contribution < 1.29 is 4.52 Å². The van der Waals surface area contributed by atoms with E-state index in [1.807, 2.05) is 32.0 Å². The van der Waals surface area contributed by atoms with Crippen molar-refractivity contribution in [3.05, 3.63) is 46.6 Å². The smallest absolute Gasteiger partial charge is 0.137 e. The number of hydrogen-bond donors (Lipinski definition) is 1. The maximum atomic E-state index is 5.99. The molecule has 22 heavy (non-hydrogen) atoms. The average molecular weight is 317 g/mol. The molecule has 1 N–H and O–H groups in total. The number of aromatic nitrogens is 3. The van der Waals surface area contributed by atoms with Gasteiger partial charge in [0.15, 0.2) is 0 Å². The number of halogens is 1. The van der Waals surface area contributed by atoms with E-state index in [1.165, 1.54) is 5.56 Å². The molecular formula is C16H17ClN4O. The number of benzene rings is 1. The maximum absolute atomic E-state index is 5.99. The number of fused-ring (bicyclic) bond motifs is 1. The van der Waals surface area contributed by atoms with Crippen molar-refractivity contribution in [2.75, 3.05) is 11.9 Å². The molecule has 0 radical (unpaired) electrons. The zero-order valence-corrected chi connectivity index (χ0v) is 13.3. The van der Waals surface area contributed by atoms with Gasteiger partial charge >= 0.3 is 0 Å². The van der Waals surface area contributed by atoms with Gasteiger partial charge in [-0.15, -0.1) is 0 Å². The number of aryl methyl sites for hydroxylation is 2. The van der Waals surface area contributed by atoms with Crippen LogP contribution in [0.25, 0.3) is 10.9 Å². The Balaban J connectivity index is 1.65. The molecule has 5 nitrogen and oxygen atoms in total. The number of nitrogens with zero attached hydrogens (tertiary/aromatic N) is 3. The van der Waals surface area contributed by atoms with Crippen LogP contribution in [0.3, 0.4) is 0 Å². The Morgan fingerprint density at radius 1 is 1.23 bits per heavy atom. The predicted octanol–water partition coefficient (Wildman–Crippen LogP) is 3.93. The summed E-state index contributed by atoms with van der Waals surface area (Å²) in [5, 5.41) is 8.99. The second kappa shape index (κ2) is 6.32. The van der Waals surface area contributed by atoms with E-state index in [2.05, 4.69) is 20.4 Å². The lowest BCUT2D eigenvalue weighted by atomic mass is 10.1. The van der Waals surface area contributed by atoms with Gasteiger partial charge in [0, 0.05) is 22.5 Å². The molecule has 3 aromatic rings. The van der Waals surface area contributed by atoms with Crippen LogP contribution in [0.1, 0.15) is 23.4 Å². The summed E-state index contributed by atoms with van der Waals surface area (Å²) in [6.07, 6.45) is 3.46. The first-order valence-electron chi connectivity index (χ1n) is 7.21. The van der Waals surface area contributed by atoms with Gasteiger partial charge in [0.2, 0.25) is 0 Å². The van der Waals surface area contributed by atoms with Gasteiger partial charge < -0.3 is 9.84 Å². The lowest BCUT2D eigenvalue weighted by Crippen LogP contribution is -2.06. The van der Waals surface area contributed by atoms with Gasteiger partial charge in [-0.25, -0.2) is 9.97 Å². The van der Waals surface area contributed by atoms with Crippen LogP contribution in [0.2, 0.25) is 5.02 Å². The monoisotopic (exact) mass is 316 g/mol. The SMILES string of the molecule is Cc1noc(C)c1CCCNc1ncnc2cc(Cl)ccc12. The number of rotatable bonds is 5. The van der Waals surface area contributed by atoms with Crippen molar-refractivity contribution in [3.8, 4) is 0 Å². The Kier molecular flexibility index (Phi) is 4.24. The highest BCUT2D eigenvalue weighted by atomic mass is 35.5. The van der Waals surface area contributed by atoms with Gasteiger partial charge in [0.1, 0.15) is 17.9 Å². The number of hydrogen-bond acceptors (Lipinski definition) is 5. The van der Waals surface area contributed by atoms with E-state index in [4.69, 9.17) is 16.1 Å². The molecule has 0 saturated heterocycles. The molecule has 0 fully saturated rings. The van der Waals surface area contributed by atoms with Crippen molar-refractivity contribution in [1.29, 1.82) is 0 Å². The van der Waals surface area contributed by atoms with Crippen LogP contribution < -0.4 is 5.32 Å². The highest BCUT2D eigenvalue weighted by molar-refractivity contribution is 6.31. The third-order valence-electron chi connectivity index (χ3n) is 3.68. The van der Waals surface area contributed by atoms with Crippen LogP contribution in [0.15, 0.2) is 29.0 Å². The van der Waals surface area contributed by atoms with Gasteiger partial charge in [-0.3, -0.25) is 0 Å². The highest BCUT2D eigenvalue weighted by Crippen LogP contribution is 2.22. The van der Waals surface area contributed by atoms with Crippen molar-refractivity contribution in [3.63, 3.8) is 0 Å². The molecule has 2 heterocycles. The fourth-order valence-corrected chi connectivity index (χ4v) is 2.67. The second-order valence-corrected chi connectivity index (χ2v) is 5.65. The van der Waals surface area contributed by atoms with E-state index in [1.54, 1.807) is 6.33 Å². The van der Waals surface area contributed by atoms with Crippen LogP contribution in [0.5, 0.6) is 0 Å². The molecule has 0 amide bonds. The van der Waals surface area contributed by atoms with E-state index < -0.39 is 0 Å². The molecule has 0 unspecified atom stereocenters. The Hall–Kier alpha value is -2.14. The zero-order chi connectivity index (χ0) is 15.5. The molecule has 2 aromatic heterocycles. The summed E-state index contributed by atoms with van der Waals surface area (Å²) in [6.45, 7) is 4.74. The van der Waals surface area contributed by atoms with Crippen LogP contribution >= 0.6 is 11.6 Å². The fraction of sp³-hybridized carbons (Fsp3) is 0.312. The predicted molar refractivity (Wildman–Crippen MR) is 87.3 cm³/mol. The molecule has 0 bridgehead atoms. The Morgan fingerprint density at radius 3 is 2.86 bits per heavy atom. The fourth-order valence-electron chi connectivity index (χ4n) is 2.50.